The summed E-state index contributed by atoms with van der Waals surface area (Å²) in [6, 6.07) is 12.3. The maximum absolute atomic E-state index is 12.5. The highest BCUT2D eigenvalue weighted by Gasteiger charge is 2.21. The standard InChI is InChI=1S/C19H22N2O5S/c1-13-8-10-17(11-9-13)27(24,25)20-16-7-5-6-15(12-16)19(23)26-14(2)18(22)21(3)4/h5-12,14,20H,1-4H3/t14-/m0/s1. The van der Waals surface area contributed by atoms with Crippen molar-refractivity contribution >= 4 is 27.6 Å². The van der Waals surface area contributed by atoms with Crippen molar-refractivity contribution in [1.82, 2.24) is 4.90 Å². The van der Waals surface area contributed by atoms with Gasteiger partial charge in [0.25, 0.3) is 15.9 Å². The van der Waals surface area contributed by atoms with Gasteiger partial charge in [0.15, 0.2) is 6.10 Å². The van der Waals surface area contributed by atoms with Crippen LogP contribution in [-0.4, -0.2) is 45.4 Å². The van der Waals surface area contributed by atoms with Crippen LogP contribution in [0.3, 0.4) is 0 Å². The normalized spacial score (nSPS) is 12.1. The first kappa shape index (κ1) is 20.4. The molecular formula is C19H22N2O5S. The summed E-state index contributed by atoms with van der Waals surface area (Å²) in [5, 5.41) is 0. The molecule has 1 amide bonds. The number of rotatable bonds is 6. The Balaban J connectivity index is 2.16. The van der Waals surface area contributed by atoms with E-state index in [1.807, 2.05) is 6.92 Å². The molecule has 7 nitrogen and oxygen atoms in total. The van der Waals surface area contributed by atoms with Gasteiger partial charge >= 0.3 is 5.97 Å². The van der Waals surface area contributed by atoms with E-state index < -0.39 is 22.1 Å². The van der Waals surface area contributed by atoms with E-state index >= 15 is 0 Å². The van der Waals surface area contributed by atoms with Crippen LogP contribution in [0.25, 0.3) is 0 Å². The second-order valence-electron chi connectivity index (χ2n) is 6.28. The van der Waals surface area contributed by atoms with Gasteiger partial charge < -0.3 is 9.64 Å². The van der Waals surface area contributed by atoms with Crippen LogP contribution in [0.5, 0.6) is 0 Å². The lowest BCUT2D eigenvalue weighted by atomic mass is 10.2. The maximum atomic E-state index is 12.5. The molecule has 0 radical (unpaired) electrons. The molecule has 0 aromatic heterocycles. The van der Waals surface area contributed by atoms with Gasteiger partial charge in [-0.2, -0.15) is 0 Å². The van der Waals surface area contributed by atoms with Crippen LogP contribution in [0.4, 0.5) is 5.69 Å². The number of hydrogen-bond acceptors (Lipinski definition) is 5. The molecule has 0 aliphatic carbocycles. The Hall–Kier alpha value is -2.87. The van der Waals surface area contributed by atoms with Crippen molar-refractivity contribution in [2.75, 3.05) is 18.8 Å². The fourth-order valence-corrected chi connectivity index (χ4v) is 3.33. The lowest BCUT2D eigenvalue weighted by Crippen LogP contribution is -2.34. The zero-order valence-corrected chi connectivity index (χ0v) is 16.4. The molecule has 0 aliphatic rings. The van der Waals surface area contributed by atoms with Crippen molar-refractivity contribution in [2.24, 2.45) is 0 Å². The number of benzene rings is 2. The van der Waals surface area contributed by atoms with Crippen molar-refractivity contribution in [2.45, 2.75) is 24.8 Å². The van der Waals surface area contributed by atoms with Gasteiger partial charge in [0.1, 0.15) is 0 Å². The summed E-state index contributed by atoms with van der Waals surface area (Å²) < 4.78 is 32.5. The minimum absolute atomic E-state index is 0.117. The van der Waals surface area contributed by atoms with Crippen LogP contribution in [-0.2, 0) is 19.6 Å². The fourth-order valence-electron chi connectivity index (χ4n) is 2.28. The van der Waals surface area contributed by atoms with Crippen molar-refractivity contribution in [1.29, 1.82) is 0 Å². The van der Waals surface area contributed by atoms with E-state index in [9.17, 15) is 18.0 Å². The molecule has 0 saturated carbocycles. The second kappa shape index (κ2) is 8.22. The third kappa shape index (κ3) is 5.30. The SMILES string of the molecule is Cc1ccc(S(=O)(=O)Nc2cccc(C(=O)O[C@@H](C)C(=O)N(C)C)c2)cc1. The number of amides is 1. The second-order valence-corrected chi connectivity index (χ2v) is 7.96. The van der Waals surface area contributed by atoms with Crippen LogP contribution in [0.1, 0.15) is 22.8 Å². The molecule has 0 aliphatic heterocycles. The van der Waals surface area contributed by atoms with E-state index in [0.717, 1.165) is 5.56 Å². The van der Waals surface area contributed by atoms with Gasteiger partial charge in [-0.05, 0) is 44.2 Å². The average molecular weight is 390 g/mol. The summed E-state index contributed by atoms with van der Waals surface area (Å²) >= 11 is 0. The molecule has 0 unspecified atom stereocenters. The number of carbonyl (C=O) groups is 2. The average Bonchev–Trinajstić information content (AvgIpc) is 2.61. The fraction of sp³-hybridized carbons (Fsp3) is 0.263. The highest BCUT2D eigenvalue weighted by molar-refractivity contribution is 7.92. The molecular weight excluding hydrogens is 368 g/mol. The molecule has 2 aromatic carbocycles. The summed E-state index contributed by atoms with van der Waals surface area (Å²) in [4.78, 5) is 25.5. The maximum Gasteiger partial charge on any atom is 0.338 e. The van der Waals surface area contributed by atoms with Crippen molar-refractivity contribution < 1.29 is 22.7 Å². The molecule has 144 valence electrons. The van der Waals surface area contributed by atoms with Gasteiger partial charge in [-0.15, -0.1) is 0 Å². The molecule has 27 heavy (non-hydrogen) atoms. The smallest absolute Gasteiger partial charge is 0.338 e. The highest BCUT2D eigenvalue weighted by atomic mass is 32.2. The number of anilines is 1. The van der Waals surface area contributed by atoms with E-state index in [0.29, 0.717) is 0 Å². The lowest BCUT2D eigenvalue weighted by molar-refractivity contribution is -0.137. The third-order valence-corrected chi connectivity index (χ3v) is 5.15. The van der Waals surface area contributed by atoms with E-state index in [1.54, 1.807) is 26.2 Å². The number of ether oxygens (including phenoxy) is 1. The zero-order valence-electron chi connectivity index (χ0n) is 15.6. The number of esters is 1. The van der Waals surface area contributed by atoms with Gasteiger partial charge in [-0.3, -0.25) is 9.52 Å². The number of nitrogens with zero attached hydrogens (tertiary/aromatic N) is 1. The van der Waals surface area contributed by atoms with Crippen LogP contribution >= 0.6 is 0 Å². The molecule has 1 atom stereocenters. The summed E-state index contributed by atoms with van der Waals surface area (Å²) in [6.45, 7) is 3.34. The molecule has 0 bridgehead atoms. The molecule has 0 spiro atoms. The molecule has 0 heterocycles. The number of aryl methyl sites for hydroxylation is 1. The first-order chi connectivity index (χ1) is 12.6. The third-order valence-electron chi connectivity index (χ3n) is 3.75. The quantitative estimate of drug-likeness (QED) is 0.765. The largest absolute Gasteiger partial charge is 0.449 e. The monoisotopic (exact) mass is 390 g/mol. The van der Waals surface area contributed by atoms with Gasteiger partial charge in [0.05, 0.1) is 10.5 Å². The Kier molecular flexibility index (Phi) is 6.22. The van der Waals surface area contributed by atoms with E-state index in [2.05, 4.69) is 4.72 Å². The summed E-state index contributed by atoms with van der Waals surface area (Å²) in [5.41, 5.74) is 1.30. The van der Waals surface area contributed by atoms with Crippen LogP contribution < -0.4 is 4.72 Å². The van der Waals surface area contributed by atoms with E-state index in [-0.39, 0.29) is 22.1 Å². The molecule has 0 fully saturated rings. The number of likely N-dealkylation sites (N-methyl/N-ethyl adjacent to an activating group) is 1. The number of sulfonamides is 1. The van der Waals surface area contributed by atoms with Gasteiger partial charge in [0.2, 0.25) is 0 Å². The Morgan fingerprint density at radius 3 is 2.30 bits per heavy atom. The van der Waals surface area contributed by atoms with Gasteiger partial charge in [-0.25, -0.2) is 13.2 Å². The number of carbonyl (C=O) groups excluding carboxylic acids is 2. The van der Waals surface area contributed by atoms with Crippen LogP contribution in [0.15, 0.2) is 53.4 Å². The molecule has 1 N–H and O–H groups in total. The summed E-state index contributed by atoms with van der Waals surface area (Å²) in [6.07, 6.45) is -0.944. The molecule has 8 heteroatoms. The number of hydrogen-bond donors (Lipinski definition) is 1. The molecule has 0 saturated heterocycles. The molecule has 2 rings (SSSR count). The Bertz CT molecular complexity index is 937. The van der Waals surface area contributed by atoms with Gasteiger partial charge in [0, 0.05) is 19.8 Å². The van der Waals surface area contributed by atoms with Crippen LogP contribution in [0, 0.1) is 6.92 Å². The van der Waals surface area contributed by atoms with E-state index in [1.165, 1.54) is 48.2 Å². The van der Waals surface area contributed by atoms with Crippen molar-refractivity contribution in [3.8, 4) is 0 Å². The summed E-state index contributed by atoms with van der Waals surface area (Å²) in [5.74, 6) is -1.06. The predicted octanol–water partition coefficient (Wildman–Crippen LogP) is 2.43. The van der Waals surface area contributed by atoms with Crippen molar-refractivity contribution in [3.63, 3.8) is 0 Å². The minimum Gasteiger partial charge on any atom is -0.449 e. The minimum atomic E-state index is -3.78. The zero-order chi connectivity index (χ0) is 20.2. The van der Waals surface area contributed by atoms with E-state index in [4.69, 9.17) is 4.74 Å². The number of nitrogens with one attached hydrogen (secondary N) is 1. The molecule has 2 aromatic rings. The topological polar surface area (TPSA) is 92.8 Å². The highest BCUT2D eigenvalue weighted by Crippen LogP contribution is 2.18. The Morgan fingerprint density at radius 1 is 1.07 bits per heavy atom. The predicted molar refractivity (Wildman–Crippen MR) is 102 cm³/mol. The van der Waals surface area contributed by atoms with Gasteiger partial charge in [-0.1, -0.05) is 23.8 Å². The Morgan fingerprint density at radius 2 is 1.70 bits per heavy atom. The first-order valence-corrected chi connectivity index (χ1v) is 9.70. The van der Waals surface area contributed by atoms with Crippen molar-refractivity contribution in [3.05, 3.63) is 59.7 Å². The summed E-state index contributed by atoms with van der Waals surface area (Å²) in [7, 11) is -0.658. The van der Waals surface area contributed by atoms with Crippen LogP contribution in [0.2, 0.25) is 0 Å². The Labute approximate surface area is 159 Å². The first-order valence-electron chi connectivity index (χ1n) is 8.22. The lowest BCUT2D eigenvalue weighted by Gasteiger charge is -2.17.